The Labute approximate surface area is 287 Å². The predicted octanol–water partition coefficient (Wildman–Crippen LogP) is 4.65. The number of carboxylic acids is 1. The molecule has 0 aliphatic heterocycles. The Morgan fingerprint density at radius 1 is 0.735 bits per heavy atom. The lowest BCUT2D eigenvalue weighted by Crippen LogP contribution is -2.57. The first-order valence-electron chi connectivity index (χ1n) is 16.2. The molecular formula is C38H47N3O8. The summed E-state index contributed by atoms with van der Waals surface area (Å²) in [5, 5.41) is 22.1. The number of carboxylic acid groups (broad SMARTS) is 1. The lowest BCUT2D eigenvalue weighted by molar-refractivity contribution is -0.148. The number of ether oxygens (including phenoxy) is 1. The Kier molecular flexibility index (Phi) is 13.5. The van der Waals surface area contributed by atoms with E-state index in [1.165, 1.54) is 43.0 Å². The number of carbonyl (C=O) groups excluding carboxylic acids is 4. The molecule has 11 heteroatoms. The largest absolute Gasteiger partial charge is 0.508 e. The summed E-state index contributed by atoms with van der Waals surface area (Å²) in [5.74, 6) is -3.68. The fourth-order valence-electron chi connectivity index (χ4n) is 5.34. The van der Waals surface area contributed by atoms with E-state index in [2.05, 4.69) is 5.32 Å². The average molecular weight is 674 g/mol. The highest BCUT2D eigenvalue weighted by molar-refractivity contribution is 5.95. The molecule has 0 spiro atoms. The number of hydrogen-bond acceptors (Lipinski definition) is 7. The van der Waals surface area contributed by atoms with Crippen LogP contribution in [0, 0.1) is 5.92 Å². The highest BCUT2D eigenvalue weighted by Crippen LogP contribution is 2.20. The van der Waals surface area contributed by atoms with E-state index in [1.54, 1.807) is 32.9 Å². The van der Waals surface area contributed by atoms with Gasteiger partial charge in [0.05, 0.1) is 12.0 Å². The van der Waals surface area contributed by atoms with E-state index in [1.807, 2.05) is 60.7 Å². The van der Waals surface area contributed by atoms with Gasteiger partial charge in [-0.1, -0.05) is 72.8 Å². The van der Waals surface area contributed by atoms with E-state index in [0.29, 0.717) is 5.56 Å². The fraction of sp³-hybridized carbons (Fsp3) is 0.395. The minimum Gasteiger partial charge on any atom is -0.508 e. The van der Waals surface area contributed by atoms with Crippen LogP contribution in [-0.4, -0.2) is 87.5 Å². The van der Waals surface area contributed by atoms with Crippen LogP contribution < -0.4 is 5.32 Å². The SMILES string of the molecule is C[C@@H](C(=O)C[C@@H](Cc1ccc(O)cc1)C(=O)O)N(C)C(=O)[C@H](Cc1ccccc1)N(C)C(=O)[C@H](Cc1ccccc1)NC(=O)OC(C)(C)C. The Bertz CT molecular complexity index is 1570. The van der Waals surface area contributed by atoms with Crippen LogP contribution in [0.2, 0.25) is 0 Å². The maximum absolute atomic E-state index is 14.2. The van der Waals surface area contributed by atoms with Gasteiger partial charge in [0.15, 0.2) is 5.78 Å². The maximum Gasteiger partial charge on any atom is 0.408 e. The third kappa shape index (κ3) is 11.8. The number of nitrogens with one attached hydrogen (secondary N) is 1. The number of Topliss-reactive ketones (excluding diaryl/α,β-unsaturated/α-hetero) is 1. The van der Waals surface area contributed by atoms with Gasteiger partial charge in [-0.3, -0.25) is 19.2 Å². The number of likely N-dealkylation sites (N-methyl/N-ethyl adjacent to an activating group) is 2. The van der Waals surface area contributed by atoms with Crippen molar-refractivity contribution in [1.29, 1.82) is 0 Å². The van der Waals surface area contributed by atoms with Crippen molar-refractivity contribution < 1.29 is 38.9 Å². The van der Waals surface area contributed by atoms with Gasteiger partial charge in [0, 0.05) is 33.4 Å². The number of nitrogens with zero attached hydrogens (tertiary/aromatic N) is 2. The third-order valence-electron chi connectivity index (χ3n) is 8.25. The second-order valence-electron chi connectivity index (χ2n) is 13.2. The molecule has 3 rings (SSSR count). The predicted molar refractivity (Wildman–Crippen MR) is 185 cm³/mol. The van der Waals surface area contributed by atoms with Gasteiger partial charge in [-0.15, -0.1) is 0 Å². The van der Waals surface area contributed by atoms with Crippen LogP contribution in [0.15, 0.2) is 84.9 Å². The van der Waals surface area contributed by atoms with E-state index in [-0.39, 0.29) is 31.4 Å². The number of carbonyl (C=O) groups is 5. The molecule has 0 heterocycles. The van der Waals surface area contributed by atoms with Crippen molar-refractivity contribution in [1.82, 2.24) is 15.1 Å². The van der Waals surface area contributed by atoms with E-state index in [9.17, 15) is 34.2 Å². The summed E-state index contributed by atoms with van der Waals surface area (Å²) < 4.78 is 5.44. The van der Waals surface area contributed by atoms with Gasteiger partial charge in [-0.05, 0) is 62.9 Å². The molecule has 4 atom stereocenters. The molecule has 3 aromatic rings. The van der Waals surface area contributed by atoms with Crippen molar-refractivity contribution in [2.45, 2.75) is 77.1 Å². The number of hydrogen-bond donors (Lipinski definition) is 3. The van der Waals surface area contributed by atoms with Crippen LogP contribution in [0.25, 0.3) is 0 Å². The average Bonchev–Trinajstić information content (AvgIpc) is 3.05. The van der Waals surface area contributed by atoms with Crippen molar-refractivity contribution in [3.63, 3.8) is 0 Å². The van der Waals surface area contributed by atoms with Crippen molar-refractivity contribution in [3.05, 3.63) is 102 Å². The topological polar surface area (TPSA) is 154 Å². The summed E-state index contributed by atoms with van der Waals surface area (Å²) in [5.41, 5.74) is 1.39. The zero-order valence-corrected chi connectivity index (χ0v) is 29.0. The lowest BCUT2D eigenvalue weighted by Gasteiger charge is -2.35. The number of aliphatic carboxylic acids is 1. The zero-order valence-electron chi connectivity index (χ0n) is 29.0. The summed E-state index contributed by atoms with van der Waals surface area (Å²) in [6.07, 6.45) is -0.787. The van der Waals surface area contributed by atoms with Gasteiger partial charge in [-0.25, -0.2) is 4.79 Å². The second-order valence-corrected chi connectivity index (χ2v) is 13.2. The molecule has 0 aliphatic carbocycles. The molecule has 0 saturated carbocycles. The second kappa shape index (κ2) is 17.3. The summed E-state index contributed by atoms with van der Waals surface area (Å²) in [6.45, 7) is 6.67. The van der Waals surface area contributed by atoms with Gasteiger partial charge in [-0.2, -0.15) is 0 Å². The first-order chi connectivity index (χ1) is 23.1. The third-order valence-corrected chi connectivity index (χ3v) is 8.25. The standard InChI is InChI=1S/C38H47N3O8/c1-25(33(43)24-29(36(46)47)21-28-17-19-30(42)20-18-28)40(5)35(45)32(23-27-15-11-8-12-16-27)41(6)34(44)31(22-26-13-9-7-10-14-26)39-37(48)49-38(2,3)4/h7-20,25,29,31-32,42H,21-24H2,1-6H3,(H,39,48)(H,46,47)/t25-,29+,31-,32-/m0/s1. The van der Waals surface area contributed by atoms with Gasteiger partial charge >= 0.3 is 12.1 Å². The first kappa shape index (κ1) is 38.3. The summed E-state index contributed by atoms with van der Waals surface area (Å²) >= 11 is 0. The lowest BCUT2D eigenvalue weighted by atomic mass is 9.92. The fourth-order valence-corrected chi connectivity index (χ4v) is 5.34. The van der Waals surface area contributed by atoms with Crippen molar-refractivity contribution in [2.75, 3.05) is 14.1 Å². The molecule has 0 unspecified atom stereocenters. The van der Waals surface area contributed by atoms with E-state index in [4.69, 9.17) is 4.74 Å². The number of alkyl carbamates (subject to hydrolysis) is 1. The molecule has 0 fully saturated rings. The highest BCUT2D eigenvalue weighted by Gasteiger charge is 2.37. The van der Waals surface area contributed by atoms with E-state index >= 15 is 0 Å². The van der Waals surface area contributed by atoms with Gasteiger partial charge in [0.25, 0.3) is 0 Å². The molecule has 0 aromatic heterocycles. The van der Waals surface area contributed by atoms with Crippen molar-refractivity contribution >= 4 is 29.7 Å². The molecule has 0 radical (unpaired) electrons. The van der Waals surface area contributed by atoms with E-state index in [0.717, 1.165) is 11.1 Å². The number of phenols is 1. The van der Waals surface area contributed by atoms with Crippen LogP contribution in [0.3, 0.4) is 0 Å². The monoisotopic (exact) mass is 673 g/mol. The molecule has 49 heavy (non-hydrogen) atoms. The number of rotatable bonds is 15. The van der Waals surface area contributed by atoms with Crippen LogP contribution in [-0.2, 0) is 43.2 Å². The van der Waals surface area contributed by atoms with Crippen LogP contribution in [0.4, 0.5) is 4.79 Å². The summed E-state index contributed by atoms with van der Waals surface area (Å²) in [7, 11) is 2.94. The molecule has 3 amide bonds. The highest BCUT2D eigenvalue weighted by atomic mass is 16.6. The van der Waals surface area contributed by atoms with Crippen molar-refractivity contribution in [3.8, 4) is 5.75 Å². The summed E-state index contributed by atoms with van der Waals surface area (Å²) in [4.78, 5) is 69.3. The number of aromatic hydroxyl groups is 1. The molecule has 3 N–H and O–H groups in total. The normalized spacial score (nSPS) is 13.7. The van der Waals surface area contributed by atoms with Crippen LogP contribution in [0.5, 0.6) is 5.75 Å². The molecule has 0 aliphatic rings. The number of ketones is 1. The molecule has 3 aromatic carbocycles. The van der Waals surface area contributed by atoms with E-state index < -0.39 is 59.3 Å². The number of phenolic OH excluding ortho intramolecular Hbond substituents is 1. The van der Waals surface area contributed by atoms with Crippen LogP contribution in [0.1, 0.15) is 50.8 Å². The molecule has 0 bridgehead atoms. The minimum absolute atomic E-state index is 0.0426. The Morgan fingerprint density at radius 2 is 1.24 bits per heavy atom. The minimum atomic E-state index is -1.16. The Balaban J connectivity index is 1.86. The zero-order chi connectivity index (χ0) is 36.3. The Hall–Kier alpha value is -5.19. The molecule has 11 nitrogen and oxygen atoms in total. The van der Waals surface area contributed by atoms with Gasteiger partial charge < -0.3 is 30.1 Å². The Morgan fingerprint density at radius 3 is 1.76 bits per heavy atom. The smallest absolute Gasteiger partial charge is 0.408 e. The van der Waals surface area contributed by atoms with Gasteiger partial charge in [0.1, 0.15) is 23.4 Å². The van der Waals surface area contributed by atoms with Crippen LogP contribution >= 0.6 is 0 Å². The quantitative estimate of drug-likeness (QED) is 0.211. The maximum atomic E-state index is 14.2. The molecule has 262 valence electrons. The first-order valence-corrected chi connectivity index (χ1v) is 16.2. The number of benzene rings is 3. The summed E-state index contributed by atoms with van der Waals surface area (Å²) in [6, 6.07) is 21.2. The number of amides is 3. The molecule has 0 saturated heterocycles. The van der Waals surface area contributed by atoms with Crippen molar-refractivity contribution in [2.24, 2.45) is 5.92 Å². The molecular weight excluding hydrogens is 626 g/mol. The van der Waals surface area contributed by atoms with Gasteiger partial charge in [0.2, 0.25) is 11.8 Å².